The van der Waals surface area contributed by atoms with E-state index in [1.54, 1.807) is 0 Å². The number of nitrogens with zero attached hydrogens (tertiary/aromatic N) is 2. The van der Waals surface area contributed by atoms with Crippen LogP contribution in [-0.2, 0) is 17.9 Å². The number of rotatable bonds is 4. The van der Waals surface area contributed by atoms with Gasteiger partial charge in [0.15, 0.2) is 0 Å². The Morgan fingerprint density at radius 3 is 3.10 bits per heavy atom. The van der Waals surface area contributed by atoms with E-state index in [1.165, 1.54) is 10.9 Å². The Labute approximate surface area is 124 Å². The van der Waals surface area contributed by atoms with Gasteiger partial charge in [-0.3, -0.25) is 9.48 Å². The van der Waals surface area contributed by atoms with Crippen LogP contribution in [0.1, 0.15) is 31.9 Å². The van der Waals surface area contributed by atoms with Crippen LogP contribution in [0.3, 0.4) is 0 Å². The lowest BCUT2D eigenvalue weighted by Gasteiger charge is -2.14. The van der Waals surface area contributed by atoms with Gasteiger partial charge >= 0.3 is 0 Å². The van der Waals surface area contributed by atoms with E-state index in [-0.39, 0.29) is 5.91 Å². The molecule has 2 aromatic rings. The fraction of sp³-hybridized carbons (Fsp3) is 0.500. The number of aryl methyl sites for hydroxylation is 1. The van der Waals surface area contributed by atoms with Gasteiger partial charge in [-0.25, -0.2) is 0 Å². The predicted molar refractivity (Wildman–Crippen MR) is 82.9 cm³/mol. The van der Waals surface area contributed by atoms with E-state index in [2.05, 4.69) is 41.8 Å². The maximum Gasteiger partial charge on any atom is 0.220 e. The van der Waals surface area contributed by atoms with Gasteiger partial charge in [-0.15, -0.1) is 0 Å². The summed E-state index contributed by atoms with van der Waals surface area (Å²) in [5.74, 6) is 0.167. The molecular formula is C16H22N4O. The van der Waals surface area contributed by atoms with Crippen molar-refractivity contribution in [3.05, 3.63) is 30.0 Å². The minimum Gasteiger partial charge on any atom is -0.356 e. The van der Waals surface area contributed by atoms with Gasteiger partial charge in [0.1, 0.15) is 0 Å². The van der Waals surface area contributed by atoms with Gasteiger partial charge < -0.3 is 10.6 Å². The molecule has 112 valence electrons. The monoisotopic (exact) mass is 286 g/mol. The molecule has 2 heterocycles. The van der Waals surface area contributed by atoms with Crippen LogP contribution in [0.4, 0.5) is 0 Å². The van der Waals surface area contributed by atoms with Crippen LogP contribution in [-0.4, -0.2) is 28.3 Å². The topological polar surface area (TPSA) is 59.0 Å². The van der Waals surface area contributed by atoms with Gasteiger partial charge in [-0.05, 0) is 25.8 Å². The van der Waals surface area contributed by atoms with Crippen molar-refractivity contribution >= 4 is 16.8 Å². The first-order valence-electron chi connectivity index (χ1n) is 7.72. The molecule has 21 heavy (non-hydrogen) atoms. The minimum atomic E-state index is 0.167. The minimum absolute atomic E-state index is 0.167. The highest BCUT2D eigenvalue weighted by Gasteiger charge is 2.16. The Hall–Kier alpha value is -1.88. The molecule has 1 atom stereocenters. The number of amides is 1. The third kappa shape index (κ3) is 3.08. The number of hydrogen-bond acceptors (Lipinski definition) is 3. The molecule has 3 rings (SSSR count). The van der Waals surface area contributed by atoms with Gasteiger partial charge in [0, 0.05) is 37.5 Å². The second kappa shape index (κ2) is 6.26. The molecular weight excluding hydrogens is 264 g/mol. The van der Waals surface area contributed by atoms with Crippen molar-refractivity contribution in [2.75, 3.05) is 6.54 Å². The molecule has 5 nitrogen and oxygen atoms in total. The molecule has 1 fully saturated rings. The van der Waals surface area contributed by atoms with Crippen LogP contribution in [0.25, 0.3) is 10.9 Å². The molecule has 1 aliphatic heterocycles. The Bertz CT molecular complexity index is 634. The number of hydrogen-bond donors (Lipinski definition) is 2. The van der Waals surface area contributed by atoms with E-state index in [4.69, 9.17) is 5.10 Å². The zero-order valence-corrected chi connectivity index (χ0v) is 12.4. The summed E-state index contributed by atoms with van der Waals surface area (Å²) in [6.07, 6.45) is 2.50. The fourth-order valence-electron chi connectivity index (χ4n) is 2.94. The summed E-state index contributed by atoms with van der Waals surface area (Å²) < 4.78 is 2.05. The van der Waals surface area contributed by atoms with Crippen molar-refractivity contribution < 1.29 is 4.79 Å². The lowest BCUT2D eigenvalue weighted by atomic mass is 10.1. The van der Waals surface area contributed by atoms with Gasteiger partial charge in [0.25, 0.3) is 0 Å². The summed E-state index contributed by atoms with van der Waals surface area (Å²) >= 11 is 0. The van der Waals surface area contributed by atoms with E-state index in [9.17, 15) is 4.79 Å². The zero-order chi connectivity index (χ0) is 14.7. The molecule has 1 aromatic carbocycles. The summed E-state index contributed by atoms with van der Waals surface area (Å²) in [4.78, 5) is 11.4. The molecule has 1 amide bonds. The molecule has 0 aliphatic carbocycles. The first-order valence-corrected chi connectivity index (χ1v) is 7.72. The van der Waals surface area contributed by atoms with Crippen molar-refractivity contribution in [2.24, 2.45) is 0 Å². The van der Waals surface area contributed by atoms with E-state index in [0.29, 0.717) is 12.5 Å². The highest BCUT2D eigenvalue weighted by atomic mass is 16.1. The molecule has 0 spiro atoms. The van der Waals surface area contributed by atoms with Crippen LogP contribution >= 0.6 is 0 Å². The van der Waals surface area contributed by atoms with Crippen LogP contribution in [0.2, 0.25) is 0 Å². The second-order valence-corrected chi connectivity index (χ2v) is 5.53. The molecule has 2 N–H and O–H groups in total. The van der Waals surface area contributed by atoms with Gasteiger partial charge in [0.05, 0.1) is 11.2 Å². The molecule has 5 heteroatoms. The van der Waals surface area contributed by atoms with Crippen LogP contribution < -0.4 is 10.6 Å². The summed E-state index contributed by atoms with van der Waals surface area (Å²) in [7, 11) is 0. The third-order valence-electron chi connectivity index (χ3n) is 4.13. The van der Waals surface area contributed by atoms with Gasteiger partial charge in [0.2, 0.25) is 5.91 Å². The Morgan fingerprint density at radius 1 is 1.38 bits per heavy atom. The van der Waals surface area contributed by atoms with Crippen molar-refractivity contribution in [3.8, 4) is 0 Å². The molecule has 0 bridgehead atoms. The molecule has 0 saturated carbocycles. The number of carbonyl (C=O) groups is 1. The molecule has 1 aromatic heterocycles. The molecule has 0 radical (unpaired) electrons. The number of aromatic nitrogens is 2. The van der Waals surface area contributed by atoms with E-state index in [0.717, 1.165) is 38.2 Å². The van der Waals surface area contributed by atoms with E-state index in [1.807, 2.05) is 4.68 Å². The lowest BCUT2D eigenvalue weighted by molar-refractivity contribution is -0.120. The van der Waals surface area contributed by atoms with Crippen molar-refractivity contribution in [3.63, 3.8) is 0 Å². The number of benzene rings is 1. The van der Waals surface area contributed by atoms with Crippen molar-refractivity contribution in [1.29, 1.82) is 0 Å². The standard InChI is InChI=1S/C16H22N4O/c1-2-20-15-6-4-3-5-13(15)14(19-20)11-18-12-7-8-16(21)17-10-9-12/h3-6,12,18H,2,7-11H2,1H3,(H,17,21). The third-order valence-corrected chi connectivity index (χ3v) is 4.13. The maximum atomic E-state index is 11.4. The van der Waals surface area contributed by atoms with E-state index >= 15 is 0 Å². The van der Waals surface area contributed by atoms with Gasteiger partial charge in [-0.1, -0.05) is 18.2 Å². The Kier molecular flexibility index (Phi) is 4.20. The summed E-state index contributed by atoms with van der Waals surface area (Å²) in [5.41, 5.74) is 2.28. The van der Waals surface area contributed by atoms with Crippen molar-refractivity contribution in [2.45, 2.75) is 45.3 Å². The Balaban J connectivity index is 1.71. The fourth-order valence-corrected chi connectivity index (χ4v) is 2.94. The average Bonchev–Trinajstić information content (AvgIpc) is 2.74. The average molecular weight is 286 g/mol. The molecule has 1 aliphatic rings. The summed E-state index contributed by atoms with van der Waals surface area (Å²) in [6, 6.07) is 8.74. The number of nitrogens with one attached hydrogen (secondary N) is 2. The molecule has 1 saturated heterocycles. The highest BCUT2D eigenvalue weighted by molar-refractivity contribution is 5.81. The van der Waals surface area contributed by atoms with Crippen molar-refractivity contribution in [1.82, 2.24) is 20.4 Å². The summed E-state index contributed by atoms with van der Waals surface area (Å²) in [5, 5.41) is 12.4. The van der Waals surface area contributed by atoms with Crippen LogP contribution in [0.15, 0.2) is 24.3 Å². The van der Waals surface area contributed by atoms with Crippen LogP contribution in [0.5, 0.6) is 0 Å². The van der Waals surface area contributed by atoms with E-state index < -0.39 is 0 Å². The highest BCUT2D eigenvalue weighted by Crippen LogP contribution is 2.18. The number of carbonyl (C=O) groups excluding carboxylic acids is 1. The predicted octanol–water partition coefficient (Wildman–Crippen LogP) is 1.81. The maximum absolute atomic E-state index is 11.4. The quantitative estimate of drug-likeness (QED) is 0.901. The first kappa shape index (κ1) is 14.1. The second-order valence-electron chi connectivity index (χ2n) is 5.53. The van der Waals surface area contributed by atoms with Crippen LogP contribution in [0, 0.1) is 0 Å². The zero-order valence-electron chi connectivity index (χ0n) is 12.4. The number of para-hydroxylation sites is 1. The van der Waals surface area contributed by atoms with Gasteiger partial charge in [-0.2, -0.15) is 5.10 Å². The summed E-state index contributed by atoms with van der Waals surface area (Å²) in [6.45, 7) is 4.51. The smallest absolute Gasteiger partial charge is 0.220 e. The Morgan fingerprint density at radius 2 is 2.24 bits per heavy atom. The number of fused-ring (bicyclic) bond motifs is 1. The first-order chi connectivity index (χ1) is 10.3. The SMILES string of the molecule is CCn1nc(CNC2CCNC(=O)CC2)c2ccccc21. The normalized spacial score (nSPS) is 19.5. The largest absolute Gasteiger partial charge is 0.356 e. The molecule has 1 unspecified atom stereocenters. The lowest BCUT2D eigenvalue weighted by Crippen LogP contribution is -2.29.